The SMILES string of the molecule is COc1ccc2cc1Oc1ccc(cc1)C[C@H]1c3cc(c(OC)cc3CCN1C)Oc1c(OC)c(OC)c(C#CCC3CCCCC3)c3c1[C@H](C2)N(C)CC3. The Bertz CT molecular complexity index is 2090. The molecule has 0 saturated heterocycles. The van der Waals surface area contributed by atoms with Gasteiger partial charge in [-0.25, -0.2) is 0 Å². The maximum absolute atomic E-state index is 7.24. The number of likely N-dealkylation sites (N-methyl/N-ethyl adjacent to an activating group) is 2. The minimum absolute atomic E-state index is 0.0700. The smallest absolute Gasteiger partial charge is 0.205 e. The molecule has 1 saturated carbocycles. The van der Waals surface area contributed by atoms with Crippen molar-refractivity contribution in [3.05, 3.63) is 93.5 Å². The molecular formula is C47H54N2O6. The second kappa shape index (κ2) is 16.1. The first-order chi connectivity index (χ1) is 26.9. The molecule has 4 heterocycles. The zero-order valence-electron chi connectivity index (χ0n) is 33.3. The maximum Gasteiger partial charge on any atom is 0.205 e. The van der Waals surface area contributed by atoms with Crippen molar-refractivity contribution in [3.63, 3.8) is 0 Å². The second-order valence-corrected chi connectivity index (χ2v) is 15.6. The highest BCUT2D eigenvalue weighted by atomic mass is 16.5. The molecule has 1 fully saturated rings. The summed E-state index contributed by atoms with van der Waals surface area (Å²) in [5, 5.41) is 0. The van der Waals surface area contributed by atoms with Crippen molar-refractivity contribution in [2.24, 2.45) is 5.92 Å². The van der Waals surface area contributed by atoms with Crippen molar-refractivity contribution in [3.8, 4) is 57.8 Å². The van der Waals surface area contributed by atoms with Gasteiger partial charge in [0, 0.05) is 37.2 Å². The molecule has 55 heavy (non-hydrogen) atoms. The Morgan fingerprint density at radius 1 is 0.691 bits per heavy atom. The van der Waals surface area contributed by atoms with Crippen LogP contribution in [0.5, 0.6) is 46.0 Å². The molecular weight excluding hydrogens is 689 g/mol. The van der Waals surface area contributed by atoms with Gasteiger partial charge in [0.25, 0.3) is 0 Å². The quantitative estimate of drug-likeness (QED) is 0.188. The number of nitrogens with zero attached hydrogens (tertiary/aromatic N) is 2. The first kappa shape index (κ1) is 37.1. The van der Waals surface area contributed by atoms with E-state index in [2.05, 4.69) is 84.3 Å². The number of rotatable bonds is 5. The first-order valence-electron chi connectivity index (χ1n) is 19.9. The van der Waals surface area contributed by atoms with Crippen molar-refractivity contribution in [2.75, 3.05) is 55.6 Å². The Labute approximate surface area is 326 Å². The fraction of sp³-hybridized carbons (Fsp3) is 0.447. The topological polar surface area (TPSA) is 61.9 Å². The Kier molecular flexibility index (Phi) is 10.9. The predicted octanol–water partition coefficient (Wildman–Crippen LogP) is 9.48. The summed E-state index contributed by atoms with van der Waals surface area (Å²) in [6.45, 7) is 1.81. The summed E-state index contributed by atoms with van der Waals surface area (Å²) in [6.07, 6.45) is 10.6. The van der Waals surface area contributed by atoms with Crippen LogP contribution in [-0.2, 0) is 25.7 Å². The molecule has 0 unspecified atom stereocenters. The minimum Gasteiger partial charge on any atom is -0.493 e. The molecule has 2 atom stereocenters. The largest absolute Gasteiger partial charge is 0.493 e. The summed E-state index contributed by atoms with van der Waals surface area (Å²) in [6, 6.07) is 19.1. The molecule has 0 spiro atoms. The van der Waals surface area contributed by atoms with Crippen LogP contribution in [0.1, 0.15) is 89.6 Å². The van der Waals surface area contributed by atoms with Gasteiger partial charge >= 0.3 is 0 Å². The summed E-state index contributed by atoms with van der Waals surface area (Å²) in [7, 11) is 11.2. The molecule has 0 N–H and O–H groups in total. The molecule has 1 aliphatic carbocycles. The Hall–Kier alpha value is -4.84. The van der Waals surface area contributed by atoms with E-state index in [0.717, 1.165) is 66.8 Å². The van der Waals surface area contributed by atoms with E-state index in [1.165, 1.54) is 48.8 Å². The van der Waals surface area contributed by atoms with Crippen LogP contribution in [0.15, 0.2) is 54.6 Å². The summed E-state index contributed by atoms with van der Waals surface area (Å²) in [4.78, 5) is 4.85. The third kappa shape index (κ3) is 7.33. The van der Waals surface area contributed by atoms with E-state index in [0.29, 0.717) is 52.6 Å². The number of benzene rings is 4. The summed E-state index contributed by atoms with van der Waals surface area (Å²) < 4.78 is 38.2. The van der Waals surface area contributed by atoms with Gasteiger partial charge < -0.3 is 28.4 Å². The van der Waals surface area contributed by atoms with Gasteiger partial charge in [0.05, 0.1) is 34.0 Å². The lowest BCUT2D eigenvalue weighted by Crippen LogP contribution is -2.34. The minimum atomic E-state index is -0.0700. The Balaban J connectivity index is 1.35. The van der Waals surface area contributed by atoms with Crippen molar-refractivity contribution < 1.29 is 28.4 Å². The monoisotopic (exact) mass is 742 g/mol. The van der Waals surface area contributed by atoms with Gasteiger partial charge in [-0.05, 0) is 123 Å². The van der Waals surface area contributed by atoms with Gasteiger partial charge in [0.2, 0.25) is 5.75 Å². The Morgan fingerprint density at radius 2 is 1.38 bits per heavy atom. The van der Waals surface area contributed by atoms with Crippen LogP contribution >= 0.6 is 0 Å². The van der Waals surface area contributed by atoms with E-state index in [4.69, 9.17) is 28.4 Å². The fourth-order valence-corrected chi connectivity index (χ4v) is 9.22. The summed E-state index contributed by atoms with van der Waals surface area (Å²) >= 11 is 0. The number of hydrogen-bond donors (Lipinski definition) is 0. The van der Waals surface area contributed by atoms with Crippen molar-refractivity contribution in [1.29, 1.82) is 0 Å². The number of fused-ring (bicyclic) bond motifs is 2. The van der Waals surface area contributed by atoms with Gasteiger partial charge in [-0.3, -0.25) is 9.80 Å². The van der Waals surface area contributed by atoms with Gasteiger partial charge in [-0.1, -0.05) is 49.3 Å². The zero-order chi connectivity index (χ0) is 38.1. The first-order valence-corrected chi connectivity index (χ1v) is 19.9. The highest BCUT2D eigenvalue weighted by Gasteiger charge is 2.37. The zero-order valence-corrected chi connectivity index (χ0v) is 33.3. The molecule has 8 nitrogen and oxygen atoms in total. The van der Waals surface area contributed by atoms with E-state index in [-0.39, 0.29) is 12.1 Å². The van der Waals surface area contributed by atoms with E-state index < -0.39 is 0 Å². The van der Waals surface area contributed by atoms with Crippen LogP contribution in [0, 0.1) is 17.8 Å². The van der Waals surface area contributed by atoms with E-state index in [1.54, 1.807) is 28.4 Å². The summed E-state index contributed by atoms with van der Waals surface area (Å²) in [5.41, 5.74) is 7.98. The fourth-order valence-electron chi connectivity index (χ4n) is 9.22. The highest BCUT2D eigenvalue weighted by Crippen LogP contribution is 2.53. The molecule has 9 rings (SSSR count). The number of hydrogen-bond acceptors (Lipinski definition) is 8. The van der Waals surface area contributed by atoms with Crippen LogP contribution in [-0.4, -0.2) is 65.4 Å². The molecule has 0 radical (unpaired) electrons. The van der Waals surface area contributed by atoms with Crippen LogP contribution in [0.3, 0.4) is 0 Å². The van der Waals surface area contributed by atoms with Crippen LogP contribution < -0.4 is 28.4 Å². The van der Waals surface area contributed by atoms with E-state index >= 15 is 0 Å². The van der Waals surface area contributed by atoms with Crippen LogP contribution in [0.25, 0.3) is 0 Å². The molecule has 0 amide bonds. The summed E-state index contributed by atoms with van der Waals surface area (Å²) in [5.74, 6) is 13.2. The van der Waals surface area contributed by atoms with E-state index in [9.17, 15) is 0 Å². The van der Waals surface area contributed by atoms with Crippen molar-refractivity contribution >= 4 is 0 Å². The molecule has 6 bridgehead atoms. The lowest BCUT2D eigenvalue weighted by Gasteiger charge is -2.38. The second-order valence-electron chi connectivity index (χ2n) is 15.6. The van der Waals surface area contributed by atoms with E-state index in [1.807, 2.05) is 6.07 Å². The lowest BCUT2D eigenvalue weighted by atomic mass is 9.84. The lowest BCUT2D eigenvalue weighted by molar-refractivity contribution is 0.220. The maximum atomic E-state index is 7.24. The average Bonchev–Trinajstić information content (AvgIpc) is 3.21. The van der Waals surface area contributed by atoms with Crippen LogP contribution in [0.4, 0.5) is 0 Å². The van der Waals surface area contributed by atoms with Crippen molar-refractivity contribution in [1.82, 2.24) is 9.80 Å². The normalized spacial score (nSPS) is 19.7. The van der Waals surface area contributed by atoms with Gasteiger partial charge in [-0.2, -0.15) is 0 Å². The molecule has 4 aromatic carbocycles. The Morgan fingerprint density at radius 3 is 2.13 bits per heavy atom. The molecule has 288 valence electrons. The predicted molar refractivity (Wildman–Crippen MR) is 216 cm³/mol. The standard InChI is InChI=1S/C47H54N2O6/c1-48-23-21-33-28-41(51-4)43-29-37(33)38(48)25-31-15-18-34(19-16-31)54-42-27-32(17-20-40(42)50-3)26-39-44-35(22-24-49(39)2)36(14-10-13-30-11-8-7-9-12-30)45(52-5)47(53-6)46(44)55-43/h15-20,27-30,38-39H,7-9,11-13,21-26H2,1-6H3/t38-,39-/m0/s1. The van der Waals surface area contributed by atoms with Gasteiger partial charge in [0.15, 0.2) is 34.5 Å². The third-order valence-electron chi connectivity index (χ3n) is 12.3. The molecule has 0 aromatic heterocycles. The molecule has 4 aromatic rings. The molecule has 5 aliphatic rings. The molecule has 8 heteroatoms. The highest BCUT2D eigenvalue weighted by molar-refractivity contribution is 5.71. The number of methoxy groups -OCH3 is 4. The number of ether oxygens (including phenoxy) is 6. The average molecular weight is 743 g/mol. The molecule has 4 aliphatic heterocycles. The van der Waals surface area contributed by atoms with Gasteiger partial charge in [0.1, 0.15) is 5.75 Å². The van der Waals surface area contributed by atoms with Crippen LogP contribution in [0.2, 0.25) is 0 Å². The van der Waals surface area contributed by atoms with Crippen molar-refractivity contribution in [2.45, 2.75) is 76.3 Å². The van der Waals surface area contributed by atoms with Gasteiger partial charge in [-0.15, -0.1) is 0 Å². The third-order valence-corrected chi connectivity index (χ3v) is 12.3.